The summed E-state index contributed by atoms with van der Waals surface area (Å²) in [4.78, 5) is 8.81. The van der Waals surface area contributed by atoms with Crippen LogP contribution in [0.1, 0.15) is 29.2 Å². The molecule has 0 radical (unpaired) electrons. The molecule has 128 valence electrons. The summed E-state index contributed by atoms with van der Waals surface area (Å²) in [6.45, 7) is 2.11. The second-order valence-electron chi connectivity index (χ2n) is 5.98. The normalized spacial score (nSPS) is 13.2. The Hall–Kier alpha value is -3.34. The Bertz CT molecular complexity index is 992. The second kappa shape index (κ2) is 6.88. The van der Waals surface area contributed by atoms with Crippen LogP contribution in [0, 0.1) is 5.82 Å². The molecule has 0 saturated heterocycles. The number of rotatable bonds is 3. The van der Waals surface area contributed by atoms with Crippen LogP contribution in [0.25, 0.3) is 0 Å². The van der Waals surface area contributed by atoms with Crippen molar-refractivity contribution in [2.45, 2.75) is 13.3 Å². The fraction of sp³-hybridized carbons (Fsp3) is 0.0952. The van der Waals surface area contributed by atoms with Gasteiger partial charge in [-0.2, -0.15) is 5.10 Å². The minimum Gasteiger partial charge on any atom is -0.265 e. The first-order valence-electron chi connectivity index (χ1n) is 8.46. The van der Waals surface area contributed by atoms with E-state index in [0.29, 0.717) is 5.84 Å². The van der Waals surface area contributed by atoms with Crippen LogP contribution in [0.2, 0.25) is 0 Å². The third-order valence-electron chi connectivity index (χ3n) is 4.30. The number of halogens is 1. The van der Waals surface area contributed by atoms with E-state index in [-0.39, 0.29) is 5.82 Å². The molecule has 0 bridgehead atoms. The maximum Gasteiger partial charge on any atom is 0.154 e. The van der Waals surface area contributed by atoms with Gasteiger partial charge in [0.05, 0.1) is 11.4 Å². The standard InChI is InChI=1S/C21H17FN4/c1-2-14-3-8-19-18(13-14)20(15-4-6-17(22)7-5-15)25-26-21(24-19)16-9-11-23-12-10-16/h3-13H,2H2,1H3,(H,24,26). The zero-order valence-corrected chi connectivity index (χ0v) is 14.3. The molecule has 1 aromatic heterocycles. The molecule has 0 amide bonds. The Kier molecular flexibility index (Phi) is 4.27. The van der Waals surface area contributed by atoms with E-state index < -0.39 is 0 Å². The summed E-state index contributed by atoms with van der Waals surface area (Å²) in [5.41, 5.74) is 8.47. The molecule has 0 spiro atoms. The van der Waals surface area contributed by atoms with Gasteiger partial charge in [0, 0.05) is 29.1 Å². The number of amidine groups is 1. The Labute approximate surface area is 151 Å². The number of aliphatic imine (C=N–C) groups is 1. The quantitative estimate of drug-likeness (QED) is 0.773. The average Bonchev–Trinajstić information content (AvgIpc) is 2.88. The lowest BCUT2D eigenvalue weighted by Gasteiger charge is -2.09. The Morgan fingerprint density at radius 1 is 0.923 bits per heavy atom. The molecule has 5 heteroatoms. The van der Waals surface area contributed by atoms with Crippen molar-refractivity contribution in [1.82, 2.24) is 10.4 Å². The van der Waals surface area contributed by atoms with E-state index in [1.807, 2.05) is 18.2 Å². The molecule has 4 rings (SSSR count). The van der Waals surface area contributed by atoms with E-state index in [1.54, 1.807) is 24.5 Å². The van der Waals surface area contributed by atoms with Gasteiger partial charge in [-0.05, 0) is 60.5 Å². The summed E-state index contributed by atoms with van der Waals surface area (Å²) >= 11 is 0. The molecule has 0 atom stereocenters. The van der Waals surface area contributed by atoms with E-state index >= 15 is 0 Å². The molecule has 0 saturated carbocycles. The number of benzene rings is 2. The number of pyridine rings is 1. The first-order chi connectivity index (χ1) is 12.7. The number of aryl methyl sites for hydroxylation is 1. The molecular formula is C21H17FN4. The number of hydrazone groups is 1. The lowest BCUT2D eigenvalue weighted by molar-refractivity contribution is 0.628. The van der Waals surface area contributed by atoms with Gasteiger partial charge in [-0.1, -0.05) is 13.0 Å². The van der Waals surface area contributed by atoms with Crippen molar-refractivity contribution in [2.75, 3.05) is 0 Å². The van der Waals surface area contributed by atoms with Crippen LogP contribution in [0.4, 0.5) is 10.1 Å². The lowest BCUT2D eigenvalue weighted by Crippen LogP contribution is -2.19. The fourth-order valence-electron chi connectivity index (χ4n) is 2.87. The highest BCUT2D eigenvalue weighted by atomic mass is 19.1. The van der Waals surface area contributed by atoms with Gasteiger partial charge in [0.2, 0.25) is 0 Å². The van der Waals surface area contributed by atoms with Crippen molar-refractivity contribution < 1.29 is 4.39 Å². The predicted octanol–water partition coefficient (Wildman–Crippen LogP) is 4.22. The van der Waals surface area contributed by atoms with E-state index in [1.165, 1.54) is 17.7 Å². The molecule has 2 aromatic carbocycles. The molecule has 3 aromatic rings. The van der Waals surface area contributed by atoms with Gasteiger partial charge in [0.15, 0.2) is 5.84 Å². The molecule has 0 unspecified atom stereocenters. The molecule has 1 aliphatic rings. The molecule has 1 N–H and O–H groups in total. The zero-order valence-electron chi connectivity index (χ0n) is 14.3. The van der Waals surface area contributed by atoms with E-state index in [2.05, 4.69) is 34.6 Å². The summed E-state index contributed by atoms with van der Waals surface area (Å²) in [6, 6.07) is 16.3. The lowest BCUT2D eigenvalue weighted by atomic mass is 9.98. The van der Waals surface area contributed by atoms with Crippen molar-refractivity contribution in [1.29, 1.82) is 0 Å². The first kappa shape index (κ1) is 16.1. The van der Waals surface area contributed by atoms with E-state index in [0.717, 1.165) is 34.5 Å². The maximum atomic E-state index is 13.3. The summed E-state index contributed by atoms with van der Waals surface area (Å²) in [7, 11) is 0. The summed E-state index contributed by atoms with van der Waals surface area (Å²) < 4.78 is 13.3. The first-order valence-corrected chi connectivity index (χ1v) is 8.46. The molecule has 26 heavy (non-hydrogen) atoms. The van der Waals surface area contributed by atoms with Crippen LogP contribution in [-0.2, 0) is 6.42 Å². The highest BCUT2D eigenvalue weighted by Crippen LogP contribution is 2.27. The van der Waals surface area contributed by atoms with Crippen LogP contribution in [-0.4, -0.2) is 16.5 Å². The highest BCUT2D eigenvalue weighted by molar-refractivity contribution is 6.18. The van der Waals surface area contributed by atoms with Crippen molar-refractivity contribution >= 4 is 17.2 Å². The van der Waals surface area contributed by atoms with Gasteiger partial charge in [0.1, 0.15) is 5.82 Å². The van der Waals surface area contributed by atoms with Crippen LogP contribution >= 0.6 is 0 Å². The second-order valence-corrected chi connectivity index (χ2v) is 5.98. The van der Waals surface area contributed by atoms with Gasteiger partial charge in [0.25, 0.3) is 0 Å². The number of aromatic nitrogens is 1. The highest BCUT2D eigenvalue weighted by Gasteiger charge is 2.17. The van der Waals surface area contributed by atoms with Crippen molar-refractivity contribution in [3.8, 4) is 0 Å². The number of hydrogen-bond donors (Lipinski definition) is 1. The summed E-state index contributed by atoms with van der Waals surface area (Å²) in [5.74, 6) is 0.377. The number of nitrogens with zero attached hydrogens (tertiary/aromatic N) is 3. The molecule has 1 aliphatic heterocycles. The maximum absolute atomic E-state index is 13.3. The molecule has 4 nitrogen and oxygen atoms in total. The van der Waals surface area contributed by atoms with Crippen LogP contribution in [0.15, 0.2) is 77.1 Å². The molecule has 0 fully saturated rings. The summed E-state index contributed by atoms with van der Waals surface area (Å²) in [5, 5.41) is 4.59. The molecule has 2 heterocycles. The minimum atomic E-state index is -0.271. The van der Waals surface area contributed by atoms with Gasteiger partial charge in [-0.3, -0.25) is 10.4 Å². The third kappa shape index (κ3) is 3.11. The van der Waals surface area contributed by atoms with Gasteiger partial charge in [-0.25, -0.2) is 9.38 Å². The van der Waals surface area contributed by atoms with E-state index in [9.17, 15) is 4.39 Å². The van der Waals surface area contributed by atoms with Crippen molar-refractivity contribution in [3.63, 3.8) is 0 Å². The van der Waals surface area contributed by atoms with Crippen LogP contribution in [0.3, 0.4) is 0 Å². The van der Waals surface area contributed by atoms with Gasteiger partial charge in [-0.15, -0.1) is 0 Å². The number of fused-ring (bicyclic) bond motifs is 1. The predicted molar refractivity (Wildman–Crippen MR) is 101 cm³/mol. The van der Waals surface area contributed by atoms with Crippen LogP contribution < -0.4 is 5.43 Å². The van der Waals surface area contributed by atoms with Gasteiger partial charge < -0.3 is 0 Å². The monoisotopic (exact) mass is 344 g/mol. The topological polar surface area (TPSA) is 49.6 Å². The van der Waals surface area contributed by atoms with Crippen LogP contribution in [0.5, 0.6) is 0 Å². The number of nitrogens with one attached hydrogen (secondary N) is 1. The summed E-state index contributed by atoms with van der Waals surface area (Å²) in [6.07, 6.45) is 4.35. The fourth-order valence-corrected chi connectivity index (χ4v) is 2.87. The molecule has 0 aliphatic carbocycles. The molecular weight excluding hydrogens is 327 g/mol. The van der Waals surface area contributed by atoms with E-state index in [4.69, 9.17) is 4.99 Å². The minimum absolute atomic E-state index is 0.271. The van der Waals surface area contributed by atoms with Gasteiger partial charge >= 0.3 is 0 Å². The number of hydrogen-bond acceptors (Lipinski definition) is 4. The smallest absolute Gasteiger partial charge is 0.154 e. The Morgan fingerprint density at radius 2 is 1.69 bits per heavy atom. The largest absolute Gasteiger partial charge is 0.265 e. The Balaban J connectivity index is 1.88. The third-order valence-corrected chi connectivity index (χ3v) is 4.30. The van der Waals surface area contributed by atoms with Crippen molar-refractivity contribution in [3.05, 3.63) is 95.1 Å². The SMILES string of the molecule is CCc1ccc2c(c1)C(c1ccc(F)cc1)=NNC(c1ccncc1)=N2. The average molecular weight is 344 g/mol. The zero-order chi connectivity index (χ0) is 17.9. The van der Waals surface area contributed by atoms with Crippen molar-refractivity contribution in [2.24, 2.45) is 10.1 Å². The Morgan fingerprint density at radius 3 is 2.42 bits per heavy atom.